The number of phosphoric acid groups is 2. The van der Waals surface area contributed by atoms with Crippen LogP contribution in [0.4, 0.5) is 17.3 Å². The normalized spacial score (nSPS) is 32.1. The number of nitrogens with zero attached hydrogens (tertiary/aromatic N) is 5. The Morgan fingerprint density at radius 1 is 1.02 bits per heavy atom. The second kappa shape index (κ2) is 15.8. The molecule has 2 aromatic rings. The molecule has 6 heterocycles. The van der Waals surface area contributed by atoms with Gasteiger partial charge in [-0.1, -0.05) is 13.0 Å². The first kappa shape index (κ1) is 40.0. The number of hydrogen-bond donors (Lipinski definition) is 10. The second-order valence-corrected chi connectivity index (χ2v) is 15.7. The molecule has 3 unspecified atom stereocenters. The maximum absolute atomic E-state index is 12.6. The van der Waals surface area contributed by atoms with Crippen LogP contribution in [0.3, 0.4) is 0 Å². The van der Waals surface area contributed by atoms with Crippen LogP contribution in [0.2, 0.25) is 0 Å². The number of nitrogen functional groups attached to an aromatic ring is 1. The fourth-order valence-corrected chi connectivity index (χ4v) is 8.40. The molecule has 0 saturated carbocycles. The van der Waals surface area contributed by atoms with E-state index in [4.69, 9.17) is 30.0 Å². The van der Waals surface area contributed by atoms with Crippen molar-refractivity contribution in [1.82, 2.24) is 19.9 Å². The van der Waals surface area contributed by atoms with E-state index >= 15 is 0 Å². The summed E-state index contributed by atoms with van der Waals surface area (Å²) in [6.07, 6.45) is -5.99. The number of aliphatic hydroxyl groups excluding tert-OH is 5. The zero-order valence-electron chi connectivity index (χ0n) is 28.3. The zero-order chi connectivity index (χ0) is 39.1. The average Bonchev–Trinajstić information content (AvgIpc) is 3.78. The van der Waals surface area contributed by atoms with E-state index < -0.39 is 95.9 Å². The fraction of sp³-hybridized carbons (Fsp3) is 0.517. The SMILES string of the molecule is CCc1cc(C(O)[C@H]2C=CN([C@@H]3O[C@H](COP(=O)(O)OP(=O)(O)OC[C@H]4O[C@@H](N5CNc6c(N)ncnc65)[C@H](O)[C@@H]4O)[C@@H](O)[C@H]3O)C=C2C(N)=O)ccn1. The highest BCUT2D eigenvalue weighted by atomic mass is 31.3. The highest BCUT2D eigenvalue weighted by Gasteiger charge is 2.50. The van der Waals surface area contributed by atoms with Crippen molar-refractivity contribution in [1.29, 1.82) is 0 Å². The molecule has 12 N–H and O–H groups in total. The topological polar surface area (TPSA) is 348 Å². The third-order valence-electron chi connectivity index (χ3n) is 9.12. The molecule has 4 aliphatic heterocycles. The molecular formula is C29H40N8O15P2. The van der Waals surface area contributed by atoms with E-state index in [1.165, 1.54) is 40.8 Å². The van der Waals surface area contributed by atoms with Crippen molar-refractivity contribution in [2.75, 3.05) is 35.8 Å². The predicted octanol–water partition coefficient (Wildman–Crippen LogP) is -2.10. The number of aromatic nitrogens is 3. The average molecular weight is 803 g/mol. The minimum atomic E-state index is -5.44. The van der Waals surface area contributed by atoms with Crippen molar-refractivity contribution in [3.05, 3.63) is 60.0 Å². The van der Waals surface area contributed by atoms with Crippen molar-refractivity contribution in [2.45, 2.75) is 68.5 Å². The highest BCUT2D eigenvalue weighted by molar-refractivity contribution is 7.61. The Labute approximate surface area is 306 Å². The number of primary amides is 1. The third kappa shape index (κ3) is 8.29. The van der Waals surface area contributed by atoms with Gasteiger partial charge in [0.1, 0.15) is 48.6 Å². The molecule has 2 aromatic heterocycles. The highest BCUT2D eigenvalue weighted by Crippen LogP contribution is 2.60. The van der Waals surface area contributed by atoms with E-state index in [0.717, 1.165) is 0 Å². The van der Waals surface area contributed by atoms with Crippen LogP contribution in [0.1, 0.15) is 24.3 Å². The van der Waals surface area contributed by atoms with Gasteiger partial charge in [-0.3, -0.25) is 18.8 Å². The molecule has 0 aliphatic carbocycles. The van der Waals surface area contributed by atoms with Crippen LogP contribution in [0.25, 0.3) is 0 Å². The number of nitrogens with one attached hydrogen (secondary N) is 1. The number of hydrogen-bond acceptors (Lipinski definition) is 20. The van der Waals surface area contributed by atoms with E-state index in [1.807, 2.05) is 6.92 Å². The standard InChI is InChI=1S/C29H40N8O15P2/c1-2-14-7-13(3-5-32-14)20(38)15-4-6-36(8-16(15)26(31)43)28-23(41)21(39)17(50-28)9-48-53(44,45)52-54(46,47)49-10-18-22(40)24(42)29(51-18)37-12-35-19-25(30)33-11-34-27(19)37/h3-8,11,15,17-18,20-24,28-29,35,38-42H,2,9-10,12H2,1H3,(H2,31,43)(H,44,45)(H,46,47)(H2,30,33,34)/t15-,17+,18+,20?,21+,22+,23+,24+,28+,29+/m0/s1. The molecule has 6 rings (SSSR count). The lowest BCUT2D eigenvalue weighted by Crippen LogP contribution is -2.44. The molecular weight excluding hydrogens is 762 g/mol. The number of amides is 1. The Morgan fingerprint density at radius 3 is 2.28 bits per heavy atom. The van der Waals surface area contributed by atoms with Gasteiger partial charge in [-0.25, -0.2) is 19.1 Å². The molecule has 0 bridgehead atoms. The molecule has 0 aromatic carbocycles. The van der Waals surface area contributed by atoms with E-state index in [9.17, 15) is 49.2 Å². The molecule has 12 atom stereocenters. The Hall–Kier alpha value is -3.64. The first-order chi connectivity index (χ1) is 25.5. The summed E-state index contributed by atoms with van der Waals surface area (Å²) in [5.41, 5.74) is 12.9. The number of aryl methyl sites for hydroxylation is 1. The van der Waals surface area contributed by atoms with Crippen LogP contribution in [0.5, 0.6) is 0 Å². The molecule has 23 nitrogen and oxygen atoms in total. The number of ether oxygens (including phenoxy) is 2. The summed E-state index contributed by atoms with van der Waals surface area (Å²) in [7, 11) is -10.9. The van der Waals surface area contributed by atoms with Gasteiger partial charge in [0.05, 0.1) is 26.0 Å². The number of anilines is 3. The minimum Gasteiger partial charge on any atom is -0.387 e. The lowest BCUT2D eigenvalue weighted by Gasteiger charge is -2.32. The molecule has 1 amide bonds. The molecule has 296 valence electrons. The Bertz CT molecular complexity index is 1880. The Balaban J connectivity index is 1.02. The van der Waals surface area contributed by atoms with Gasteiger partial charge in [-0.2, -0.15) is 4.31 Å². The van der Waals surface area contributed by atoms with Gasteiger partial charge in [-0.05, 0) is 24.1 Å². The Kier molecular flexibility index (Phi) is 11.7. The van der Waals surface area contributed by atoms with E-state index in [-0.39, 0.29) is 23.9 Å². The van der Waals surface area contributed by atoms with E-state index in [2.05, 4.69) is 24.6 Å². The van der Waals surface area contributed by atoms with Gasteiger partial charge < -0.3 is 71.4 Å². The molecule has 25 heteroatoms. The van der Waals surface area contributed by atoms with Crippen LogP contribution in [0.15, 0.2) is 48.7 Å². The summed E-state index contributed by atoms with van der Waals surface area (Å²) in [5.74, 6) is -1.39. The van der Waals surface area contributed by atoms with Gasteiger partial charge in [0.25, 0.3) is 0 Å². The van der Waals surface area contributed by atoms with Crippen LogP contribution in [0, 0.1) is 5.92 Å². The van der Waals surface area contributed by atoms with Gasteiger partial charge in [-0.15, -0.1) is 0 Å². The first-order valence-corrected chi connectivity index (χ1v) is 19.4. The van der Waals surface area contributed by atoms with Crippen molar-refractivity contribution in [2.24, 2.45) is 11.7 Å². The lowest BCUT2D eigenvalue weighted by molar-refractivity contribution is -0.115. The van der Waals surface area contributed by atoms with Gasteiger partial charge in [0.15, 0.2) is 24.1 Å². The number of pyridine rings is 1. The van der Waals surface area contributed by atoms with Crippen LogP contribution in [-0.4, -0.2) is 130 Å². The van der Waals surface area contributed by atoms with Gasteiger partial charge in [0, 0.05) is 35.8 Å². The number of aliphatic hydroxyl groups is 5. The summed E-state index contributed by atoms with van der Waals surface area (Å²) >= 11 is 0. The smallest absolute Gasteiger partial charge is 0.387 e. The van der Waals surface area contributed by atoms with Crippen LogP contribution >= 0.6 is 15.6 Å². The number of carbonyl (C=O) groups is 1. The quantitative estimate of drug-likeness (QED) is 0.0914. The summed E-state index contributed by atoms with van der Waals surface area (Å²) in [6, 6.07) is 3.28. The monoisotopic (exact) mass is 802 g/mol. The maximum atomic E-state index is 12.6. The molecule has 0 radical (unpaired) electrons. The molecule has 0 spiro atoms. The summed E-state index contributed by atoms with van der Waals surface area (Å²) < 4.78 is 50.4. The van der Waals surface area contributed by atoms with Gasteiger partial charge >= 0.3 is 15.6 Å². The largest absolute Gasteiger partial charge is 0.481 e. The maximum Gasteiger partial charge on any atom is 0.481 e. The number of carbonyl (C=O) groups excluding carboxylic acids is 1. The van der Waals surface area contributed by atoms with Crippen LogP contribution < -0.4 is 21.7 Å². The summed E-state index contributed by atoms with van der Waals surface area (Å²) in [6.45, 7) is 0.0986. The third-order valence-corrected chi connectivity index (χ3v) is 11.7. The lowest BCUT2D eigenvalue weighted by atomic mass is 9.87. The fourth-order valence-electron chi connectivity index (χ4n) is 6.31. The number of rotatable bonds is 14. The Morgan fingerprint density at radius 2 is 1.65 bits per heavy atom. The predicted molar refractivity (Wildman–Crippen MR) is 182 cm³/mol. The van der Waals surface area contributed by atoms with Crippen LogP contribution in [-0.2, 0) is 43.2 Å². The molecule has 2 saturated heterocycles. The minimum absolute atomic E-state index is 0.0569. The summed E-state index contributed by atoms with van der Waals surface area (Å²) in [5, 5.41) is 56.5. The van der Waals surface area contributed by atoms with Crippen molar-refractivity contribution in [3.8, 4) is 0 Å². The van der Waals surface area contributed by atoms with Gasteiger partial charge in [0.2, 0.25) is 5.91 Å². The summed E-state index contributed by atoms with van der Waals surface area (Å²) in [4.78, 5) is 47.6. The molecule has 4 aliphatic rings. The van der Waals surface area contributed by atoms with E-state index in [1.54, 1.807) is 12.1 Å². The van der Waals surface area contributed by atoms with Crippen molar-refractivity contribution in [3.63, 3.8) is 0 Å². The first-order valence-electron chi connectivity index (χ1n) is 16.4. The zero-order valence-corrected chi connectivity index (χ0v) is 30.1. The molecule has 54 heavy (non-hydrogen) atoms. The number of nitrogens with two attached hydrogens (primary N) is 2. The van der Waals surface area contributed by atoms with Crippen molar-refractivity contribution < 1.29 is 72.1 Å². The van der Waals surface area contributed by atoms with Crippen molar-refractivity contribution >= 4 is 38.9 Å². The number of fused-ring (bicyclic) bond motifs is 1. The second-order valence-electron chi connectivity index (χ2n) is 12.6. The number of phosphoric ester groups is 2. The van der Waals surface area contributed by atoms with E-state index in [0.29, 0.717) is 23.4 Å². The molecule has 2 fully saturated rings.